The summed E-state index contributed by atoms with van der Waals surface area (Å²) in [6.45, 7) is 4.66. The first-order chi connectivity index (χ1) is 9.56. The molecule has 5 nitrogen and oxygen atoms in total. The van der Waals surface area contributed by atoms with Gasteiger partial charge in [0.15, 0.2) is 0 Å². The van der Waals surface area contributed by atoms with Crippen molar-refractivity contribution in [2.24, 2.45) is 0 Å². The summed E-state index contributed by atoms with van der Waals surface area (Å²) in [5.41, 5.74) is 2.98. The predicted octanol–water partition coefficient (Wildman–Crippen LogP) is 2.20. The van der Waals surface area contributed by atoms with Crippen LogP contribution in [0.4, 0.5) is 5.95 Å². The third kappa shape index (κ3) is 3.74. The third-order valence-electron chi connectivity index (χ3n) is 3.09. The second kappa shape index (κ2) is 6.43. The highest BCUT2D eigenvalue weighted by atomic mass is 15.2. The number of aromatic nitrogens is 3. The zero-order chi connectivity index (χ0) is 14.5. The Kier molecular flexibility index (Phi) is 4.63. The van der Waals surface area contributed by atoms with Crippen molar-refractivity contribution in [3.05, 3.63) is 47.5 Å². The van der Waals surface area contributed by atoms with E-state index in [1.54, 1.807) is 0 Å². The normalized spacial score (nSPS) is 12.4. The van der Waals surface area contributed by atoms with Crippen LogP contribution in [-0.4, -0.2) is 40.5 Å². The van der Waals surface area contributed by atoms with E-state index in [2.05, 4.69) is 25.2 Å². The Morgan fingerprint density at radius 2 is 1.85 bits per heavy atom. The van der Waals surface area contributed by atoms with Crippen LogP contribution >= 0.6 is 0 Å². The molecule has 0 saturated carbocycles. The van der Waals surface area contributed by atoms with Crippen molar-refractivity contribution in [3.63, 3.8) is 0 Å². The molecule has 5 heteroatoms. The molecule has 0 fully saturated rings. The highest BCUT2D eigenvalue weighted by Crippen LogP contribution is 2.16. The first-order valence-corrected chi connectivity index (χ1v) is 6.70. The highest BCUT2D eigenvalue weighted by Gasteiger charge is 2.15. The molecule has 0 aliphatic heterocycles. The summed E-state index contributed by atoms with van der Waals surface area (Å²) < 4.78 is 0. The van der Waals surface area contributed by atoms with E-state index >= 15 is 0 Å². The summed E-state index contributed by atoms with van der Waals surface area (Å²) in [5.74, 6) is 0.672. The van der Waals surface area contributed by atoms with Crippen LogP contribution in [0.1, 0.15) is 23.1 Å². The summed E-state index contributed by atoms with van der Waals surface area (Å²) in [6, 6.07) is 8.12. The van der Waals surface area contributed by atoms with Crippen LogP contribution in [-0.2, 0) is 0 Å². The van der Waals surface area contributed by atoms with Gasteiger partial charge in [-0.1, -0.05) is 6.07 Å². The van der Waals surface area contributed by atoms with Gasteiger partial charge in [0, 0.05) is 24.1 Å². The van der Waals surface area contributed by atoms with E-state index in [9.17, 15) is 0 Å². The Labute approximate surface area is 120 Å². The molecule has 0 amide bonds. The fourth-order valence-electron chi connectivity index (χ4n) is 2.12. The fraction of sp³-hybridized carbons (Fsp3) is 0.400. The van der Waals surface area contributed by atoms with E-state index in [1.807, 2.05) is 58.4 Å². The molecule has 0 unspecified atom stereocenters. The van der Waals surface area contributed by atoms with Crippen LogP contribution in [0, 0.1) is 13.8 Å². The molecule has 0 spiro atoms. The number of pyridine rings is 1. The molecule has 0 aliphatic carbocycles. The van der Waals surface area contributed by atoms with Crippen molar-refractivity contribution in [1.29, 1.82) is 0 Å². The molecule has 0 bridgehead atoms. The number of hydrogen-bond acceptors (Lipinski definition) is 5. The maximum Gasteiger partial charge on any atom is 0.223 e. The smallest absolute Gasteiger partial charge is 0.223 e. The van der Waals surface area contributed by atoms with Crippen LogP contribution < -0.4 is 5.32 Å². The van der Waals surface area contributed by atoms with E-state index in [1.165, 1.54) is 0 Å². The highest BCUT2D eigenvalue weighted by molar-refractivity contribution is 5.28. The third-order valence-corrected chi connectivity index (χ3v) is 3.09. The molecule has 2 aromatic rings. The van der Waals surface area contributed by atoms with Gasteiger partial charge in [-0.05, 0) is 46.1 Å². The lowest BCUT2D eigenvalue weighted by molar-refractivity contribution is 0.305. The van der Waals surface area contributed by atoms with Gasteiger partial charge in [0.25, 0.3) is 0 Å². The Morgan fingerprint density at radius 3 is 2.40 bits per heavy atom. The van der Waals surface area contributed by atoms with Crippen molar-refractivity contribution >= 4 is 5.95 Å². The minimum atomic E-state index is 0.181. The number of hydrogen-bond donors (Lipinski definition) is 1. The van der Waals surface area contributed by atoms with Crippen molar-refractivity contribution in [2.75, 3.05) is 26.0 Å². The lowest BCUT2D eigenvalue weighted by Crippen LogP contribution is -2.28. The van der Waals surface area contributed by atoms with Gasteiger partial charge in [0.1, 0.15) is 0 Å². The number of nitrogens with zero attached hydrogens (tertiary/aromatic N) is 4. The summed E-state index contributed by atoms with van der Waals surface area (Å²) in [6.07, 6.45) is 1.82. The molecule has 20 heavy (non-hydrogen) atoms. The maximum atomic E-state index is 4.43. The van der Waals surface area contributed by atoms with E-state index in [-0.39, 0.29) is 6.04 Å². The summed E-state index contributed by atoms with van der Waals surface area (Å²) in [7, 11) is 4.09. The van der Waals surface area contributed by atoms with Crippen molar-refractivity contribution in [2.45, 2.75) is 19.9 Å². The van der Waals surface area contributed by atoms with Gasteiger partial charge in [-0.25, -0.2) is 9.97 Å². The topological polar surface area (TPSA) is 53.9 Å². The fourth-order valence-corrected chi connectivity index (χ4v) is 2.12. The molecule has 2 aromatic heterocycles. The van der Waals surface area contributed by atoms with Crippen LogP contribution in [0.25, 0.3) is 0 Å². The minimum Gasteiger partial charge on any atom is -0.352 e. The van der Waals surface area contributed by atoms with Crippen LogP contribution in [0.5, 0.6) is 0 Å². The summed E-state index contributed by atoms with van der Waals surface area (Å²) in [5, 5.41) is 3.30. The largest absolute Gasteiger partial charge is 0.352 e. The predicted molar refractivity (Wildman–Crippen MR) is 80.7 cm³/mol. The quantitative estimate of drug-likeness (QED) is 0.903. The summed E-state index contributed by atoms with van der Waals surface area (Å²) in [4.78, 5) is 15.4. The van der Waals surface area contributed by atoms with Crippen molar-refractivity contribution in [3.8, 4) is 0 Å². The lowest BCUT2D eigenvalue weighted by atomic mass is 10.1. The SMILES string of the molecule is Cc1cc(C)nc(NC[C@@H](c2ccccn2)N(C)C)n1. The average Bonchev–Trinajstić information content (AvgIpc) is 2.38. The van der Waals surface area contributed by atoms with E-state index in [4.69, 9.17) is 0 Å². The zero-order valence-electron chi connectivity index (χ0n) is 12.5. The van der Waals surface area contributed by atoms with Gasteiger partial charge < -0.3 is 5.32 Å². The number of aryl methyl sites for hydroxylation is 2. The zero-order valence-corrected chi connectivity index (χ0v) is 12.5. The lowest BCUT2D eigenvalue weighted by Gasteiger charge is -2.24. The first kappa shape index (κ1) is 14.4. The van der Waals surface area contributed by atoms with Crippen molar-refractivity contribution < 1.29 is 0 Å². The Balaban J connectivity index is 2.10. The number of nitrogens with one attached hydrogen (secondary N) is 1. The molecule has 2 rings (SSSR count). The second-order valence-electron chi connectivity index (χ2n) is 5.09. The number of likely N-dealkylation sites (N-methyl/N-ethyl adjacent to an activating group) is 1. The minimum absolute atomic E-state index is 0.181. The molecule has 1 N–H and O–H groups in total. The monoisotopic (exact) mass is 271 g/mol. The molecule has 0 aliphatic rings. The molecule has 0 saturated heterocycles. The van der Waals surface area contributed by atoms with Gasteiger partial charge in [-0.15, -0.1) is 0 Å². The van der Waals surface area contributed by atoms with Crippen molar-refractivity contribution in [1.82, 2.24) is 19.9 Å². The van der Waals surface area contributed by atoms with Gasteiger partial charge in [-0.2, -0.15) is 0 Å². The Morgan fingerprint density at radius 1 is 1.15 bits per heavy atom. The number of anilines is 1. The van der Waals surface area contributed by atoms with Crippen LogP contribution in [0.3, 0.4) is 0 Å². The first-order valence-electron chi connectivity index (χ1n) is 6.70. The van der Waals surface area contributed by atoms with Gasteiger partial charge in [0.05, 0.1) is 11.7 Å². The second-order valence-corrected chi connectivity index (χ2v) is 5.09. The number of rotatable bonds is 5. The molecule has 2 heterocycles. The molecule has 106 valence electrons. The average molecular weight is 271 g/mol. The molecular formula is C15H21N5. The molecule has 1 atom stereocenters. The maximum absolute atomic E-state index is 4.43. The van der Waals surface area contributed by atoms with Gasteiger partial charge >= 0.3 is 0 Å². The van der Waals surface area contributed by atoms with Gasteiger partial charge in [-0.3, -0.25) is 9.88 Å². The Hall–Kier alpha value is -2.01. The van der Waals surface area contributed by atoms with Crippen LogP contribution in [0.2, 0.25) is 0 Å². The van der Waals surface area contributed by atoms with E-state index < -0.39 is 0 Å². The summed E-state index contributed by atoms with van der Waals surface area (Å²) >= 11 is 0. The molecular weight excluding hydrogens is 250 g/mol. The molecule has 0 radical (unpaired) electrons. The van der Waals surface area contributed by atoms with Gasteiger partial charge in [0.2, 0.25) is 5.95 Å². The van der Waals surface area contributed by atoms with Crippen LogP contribution in [0.15, 0.2) is 30.5 Å². The Bertz CT molecular complexity index is 533. The standard InChI is InChI=1S/C15H21N5/c1-11-9-12(2)19-15(18-11)17-10-14(20(3)4)13-7-5-6-8-16-13/h5-9,14H,10H2,1-4H3,(H,17,18,19)/t14-/m0/s1. The van der Waals surface area contributed by atoms with E-state index in [0.29, 0.717) is 12.5 Å². The van der Waals surface area contributed by atoms with E-state index in [0.717, 1.165) is 17.1 Å². The molecule has 0 aromatic carbocycles.